The quantitative estimate of drug-likeness (QED) is 0.204. The Balaban J connectivity index is 1.75. The van der Waals surface area contributed by atoms with Gasteiger partial charge in [0.05, 0.1) is 35.2 Å². The van der Waals surface area contributed by atoms with E-state index in [0.29, 0.717) is 28.8 Å². The van der Waals surface area contributed by atoms with E-state index < -0.39 is 12.0 Å². The third kappa shape index (κ3) is 7.21. The lowest BCUT2D eigenvalue weighted by atomic mass is 10.0. The van der Waals surface area contributed by atoms with Gasteiger partial charge in [0.2, 0.25) is 5.91 Å². The van der Waals surface area contributed by atoms with Crippen LogP contribution in [-0.4, -0.2) is 45.4 Å². The number of benzene rings is 2. The van der Waals surface area contributed by atoms with Gasteiger partial charge in [0, 0.05) is 12.1 Å². The normalized spacial score (nSPS) is 11.6. The zero-order valence-corrected chi connectivity index (χ0v) is 22.3. The van der Waals surface area contributed by atoms with Crippen molar-refractivity contribution >= 4 is 46.8 Å². The molecule has 2 aromatic carbocycles. The number of methoxy groups -OCH3 is 1. The predicted molar refractivity (Wildman–Crippen MR) is 144 cm³/mol. The van der Waals surface area contributed by atoms with E-state index in [0.717, 1.165) is 0 Å². The van der Waals surface area contributed by atoms with E-state index in [2.05, 4.69) is 27.4 Å². The zero-order valence-electron chi connectivity index (χ0n) is 20.7. The van der Waals surface area contributed by atoms with Gasteiger partial charge in [0.15, 0.2) is 11.0 Å². The van der Waals surface area contributed by atoms with Crippen molar-refractivity contribution in [3.63, 3.8) is 0 Å². The molecule has 37 heavy (non-hydrogen) atoms. The van der Waals surface area contributed by atoms with Crippen LogP contribution in [0.1, 0.15) is 46.4 Å². The Morgan fingerprint density at radius 3 is 2.51 bits per heavy atom. The second-order valence-electron chi connectivity index (χ2n) is 8.32. The molecular weight excluding hydrogens is 514 g/mol. The Labute approximate surface area is 224 Å². The number of ether oxygens (including phenoxy) is 1. The highest BCUT2D eigenvalue weighted by Gasteiger charge is 2.26. The molecule has 9 nitrogen and oxygen atoms in total. The van der Waals surface area contributed by atoms with Crippen molar-refractivity contribution in [1.29, 1.82) is 0 Å². The lowest BCUT2D eigenvalue weighted by Crippen LogP contribution is -2.33. The van der Waals surface area contributed by atoms with Gasteiger partial charge in [0.25, 0.3) is 5.91 Å². The molecule has 1 aromatic heterocycles. The average molecular weight is 542 g/mol. The molecule has 11 heteroatoms. The van der Waals surface area contributed by atoms with E-state index in [4.69, 9.17) is 16.3 Å². The van der Waals surface area contributed by atoms with E-state index in [1.54, 1.807) is 30.3 Å². The van der Waals surface area contributed by atoms with Crippen LogP contribution in [0.3, 0.4) is 0 Å². The number of nitrogens with zero attached hydrogens (tertiary/aromatic N) is 3. The number of anilines is 1. The standard InChI is InChI=1S/C26H28ClN5O4S/c1-5-13-32-23(22(16(2)3)29-24(34)17-9-7-6-8-10-17)30-31-26(32)37-15-21(33)28-20-14-18(25(35)36-4)11-12-19(20)27/h5-12,14,16,22H,1,13,15H2,2-4H3,(H,28,33)(H,29,34). The number of carbonyl (C=O) groups excluding carboxylic acids is 3. The zero-order chi connectivity index (χ0) is 26.9. The predicted octanol–water partition coefficient (Wildman–Crippen LogP) is 4.76. The Morgan fingerprint density at radius 2 is 1.86 bits per heavy atom. The Morgan fingerprint density at radius 1 is 1.14 bits per heavy atom. The van der Waals surface area contributed by atoms with Crippen molar-refractivity contribution in [2.24, 2.45) is 5.92 Å². The summed E-state index contributed by atoms with van der Waals surface area (Å²) in [6.45, 7) is 8.17. The molecule has 0 fully saturated rings. The largest absolute Gasteiger partial charge is 0.465 e. The van der Waals surface area contributed by atoms with Crippen molar-refractivity contribution in [1.82, 2.24) is 20.1 Å². The molecule has 1 atom stereocenters. The van der Waals surface area contributed by atoms with Crippen LogP contribution in [0, 0.1) is 5.92 Å². The number of amides is 2. The topological polar surface area (TPSA) is 115 Å². The fraction of sp³-hybridized carbons (Fsp3) is 0.269. The number of thioether (sulfide) groups is 1. The fourth-order valence-electron chi connectivity index (χ4n) is 3.46. The van der Waals surface area contributed by atoms with Crippen LogP contribution >= 0.6 is 23.4 Å². The number of nitrogens with one attached hydrogen (secondary N) is 2. The molecule has 0 radical (unpaired) electrons. The van der Waals surface area contributed by atoms with Crippen LogP contribution in [-0.2, 0) is 16.1 Å². The first-order valence-corrected chi connectivity index (χ1v) is 12.8. The van der Waals surface area contributed by atoms with Crippen LogP contribution in [0.4, 0.5) is 5.69 Å². The third-order valence-electron chi connectivity index (χ3n) is 5.32. The maximum atomic E-state index is 12.8. The van der Waals surface area contributed by atoms with Crippen molar-refractivity contribution in [2.75, 3.05) is 18.2 Å². The van der Waals surface area contributed by atoms with Gasteiger partial charge in [-0.25, -0.2) is 4.79 Å². The SMILES string of the molecule is C=CCn1c(SCC(=O)Nc2cc(C(=O)OC)ccc2Cl)nnc1C(NC(=O)c1ccccc1)C(C)C. The Hall–Kier alpha value is -3.63. The van der Waals surface area contributed by atoms with Crippen molar-refractivity contribution < 1.29 is 19.1 Å². The lowest BCUT2D eigenvalue weighted by molar-refractivity contribution is -0.113. The first kappa shape index (κ1) is 27.9. The number of carbonyl (C=O) groups is 3. The summed E-state index contributed by atoms with van der Waals surface area (Å²) >= 11 is 7.36. The minimum absolute atomic E-state index is 0.0107. The molecule has 2 N–H and O–H groups in total. The summed E-state index contributed by atoms with van der Waals surface area (Å²) < 4.78 is 6.54. The van der Waals surface area contributed by atoms with Gasteiger partial charge in [0.1, 0.15) is 0 Å². The van der Waals surface area contributed by atoms with Gasteiger partial charge in [-0.1, -0.05) is 61.5 Å². The molecule has 0 aliphatic carbocycles. The van der Waals surface area contributed by atoms with Gasteiger partial charge in [-0.15, -0.1) is 16.8 Å². The third-order valence-corrected chi connectivity index (χ3v) is 6.61. The summed E-state index contributed by atoms with van der Waals surface area (Å²) in [5, 5.41) is 15.2. The molecule has 0 spiro atoms. The molecule has 3 rings (SSSR count). The van der Waals surface area contributed by atoms with Gasteiger partial charge in [-0.05, 0) is 36.2 Å². The Bertz CT molecular complexity index is 1280. The highest BCUT2D eigenvalue weighted by Crippen LogP contribution is 2.27. The average Bonchev–Trinajstić information content (AvgIpc) is 3.29. The van der Waals surface area contributed by atoms with Crippen LogP contribution in [0.25, 0.3) is 0 Å². The summed E-state index contributed by atoms with van der Waals surface area (Å²) in [6, 6.07) is 13.0. The smallest absolute Gasteiger partial charge is 0.337 e. The number of esters is 1. The summed E-state index contributed by atoms with van der Waals surface area (Å²) in [6.07, 6.45) is 1.70. The van der Waals surface area contributed by atoms with Gasteiger partial charge in [-0.2, -0.15) is 0 Å². The lowest BCUT2D eigenvalue weighted by Gasteiger charge is -2.22. The second kappa shape index (κ2) is 13.1. The molecule has 1 unspecified atom stereocenters. The highest BCUT2D eigenvalue weighted by atomic mass is 35.5. The fourth-order valence-corrected chi connectivity index (χ4v) is 4.38. The molecule has 1 heterocycles. The summed E-state index contributed by atoms with van der Waals surface area (Å²) in [5.74, 6) is -0.502. The van der Waals surface area contributed by atoms with Crippen molar-refractivity contribution in [3.05, 3.63) is 83.2 Å². The number of halogens is 1. The van der Waals surface area contributed by atoms with E-state index in [1.807, 2.05) is 24.5 Å². The second-order valence-corrected chi connectivity index (χ2v) is 9.67. The molecule has 0 saturated heterocycles. The van der Waals surface area contributed by atoms with E-state index in [9.17, 15) is 14.4 Å². The number of hydrogen-bond donors (Lipinski definition) is 2. The summed E-state index contributed by atoms with van der Waals surface area (Å²) in [4.78, 5) is 37.3. The molecule has 0 bridgehead atoms. The molecular formula is C26H28ClN5O4S. The van der Waals surface area contributed by atoms with Crippen LogP contribution in [0.15, 0.2) is 66.3 Å². The molecule has 2 amide bonds. The van der Waals surface area contributed by atoms with Gasteiger partial charge >= 0.3 is 5.97 Å². The number of hydrogen-bond acceptors (Lipinski definition) is 7. The molecule has 0 aliphatic heterocycles. The van der Waals surface area contributed by atoms with Crippen LogP contribution < -0.4 is 10.6 Å². The van der Waals surface area contributed by atoms with E-state index >= 15 is 0 Å². The number of aromatic nitrogens is 3. The monoisotopic (exact) mass is 541 g/mol. The molecule has 0 aliphatic rings. The molecule has 3 aromatic rings. The number of allylic oxidation sites excluding steroid dienone is 1. The van der Waals surface area contributed by atoms with Crippen LogP contribution in [0.2, 0.25) is 5.02 Å². The van der Waals surface area contributed by atoms with Crippen LogP contribution in [0.5, 0.6) is 0 Å². The highest BCUT2D eigenvalue weighted by molar-refractivity contribution is 7.99. The summed E-state index contributed by atoms with van der Waals surface area (Å²) in [7, 11) is 1.27. The first-order valence-electron chi connectivity index (χ1n) is 11.5. The Kier molecular flexibility index (Phi) is 9.87. The maximum absolute atomic E-state index is 12.8. The van der Waals surface area contributed by atoms with Crippen molar-refractivity contribution in [3.8, 4) is 0 Å². The molecule has 0 saturated carbocycles. The van der Waals surface area contributed by atoms with E-state index in [1.165, 1.54) is 37.1 Å². The summed E-state index contributed by atoms with van der Waals surface area (Å²) in [5.41, 5.74) is 1.11. The minimum Gasteiger partial charge on any atom is -0.465 e. The minimum atomic E-state index is -0.536. The number of rotatable bonds is 11. The van der Waals surface area contributed by atoms with Crippen molar-refractivity contribution in [2.45, 2.75) is 31.6 Å². The maximum Gasteiger partial charge on any atom is 0.337 e. The van der Waals surface area contributed by atoms with Gasteiger partial charge < -0.3 is 19.9 Å². The van der Waals surface area contributed by atoms with E-state index in [-0.39, 0.29) is 34.1 Å². The van der Waals surface area contributed by atoms with Gasteiger partial charge in [-0.3, -0.25) is 9.59 Å². The first-order chi connectivity index (χ1) is 17.7. The molecule has 194 valence electrons.